The summed E-state index contributed by atoms with van der Waals surface area (Å²) in [6, 6.07) is 8.97. The second-order valence-corrected chi connectivity index (χ2v) is 4.38. The topological polar surface area (TPSA) is 96.8 Å². The van der Waals surface area contributed by atoms with Gasteiger partial charge in [0, 0.05) is 7.05 Å². The van der Waals surface area contributed by atoms with E-state index in [1.807, 2.05) is 25.1 Å². The van der Waals surface area contributed by atoms with Crippen LogP contribution in [0.15, 0.2) is 30.6 Å². The maximum absolute atomic E-state index is 10.9. The Morgan fingerprint density at radius 2 is 2.10 bits per heavy atom. The molecule has 0 saturated carbocycles. The normalized spacial score (nSPS) is 11.7. The molecule has 0 radical (unpaired) electrons. The van der Waals surface area contributed by atoms with Crippen molar-refractivity contribution in [2.45, 2.75) is 13.0 Å². The number of hydrogen-bond donors (Lipinski definition) is 1. The highest BCUT2D eigenvalue weighted by atomic mass is 16.6. The number of anilines is 1. The van der Waals surface area contributed by atoms with Gasteiger partial charge in [-0.3, -0.25) is 4.57 Å². The number of nitriles is 1. The van der Waals surface area contributed by atoms with Gasteiger partial charge in [0.05, 0.1) is 17.7 Å². The number of nitro groups is 1. The third-order valence-corrected chi connectivity index (χ3v) is 2.98. The van der Waals surface area contributed by atoms with Crippen molar-refractivity contribution < 1.29 is 4.92 Å². The van der Waals surface area contributed by atoms with E-state index >= 15 is 0 Å². The first-order chi connectivity index (χ1) is 9.52. The van der Waals surface area contributed by atoms with Crippen LogP contribution in [0.3, 0.4) is 0 Å². The molecule has 0 aliphatic heterocycles. The highest BCUT2D eigenvalue weighted by Gasteiger charge is 2.21. The predicted octanol–water partition coefficient (Wildman–Crippen LogP) is 2.37. The molecule has 1 heterocycles. The fourth-order valence-electron chi connectivity index (χ4n) is 1.85. The van der Waals surface area contributed by atoms with Crippen LogP contribution in [0, 0.1) is 21.4 Å². The van der Waals surface area contributed by atoms with Crippen molar-refractivity contribution in [3.05, 3.63) is 51.8 Å². The van der Waals surface area contributed by atoms with Gasteiger partial charge < -0.3 is 15.4 Å². The SMILES string of the molecule is C[C@@H](Nc1c([N+](=O)[O-])ncn1C)c1ccc(C#N)cc1. The van der Waals surface area contributed by atoms with Crippen LogP contribution in [0.4, 0.5) is 11.6 Å². The van der Waals surface area contributed by atoms with Crippen LogP contribution < -0.4 is 5.32 Å². The highest BCUT2D eigenvalue weighted by Crippen LogP contribution is 2.26. The molecule has 0 unspecified atom stereocenters. The second kappa shape index (κ2) is 5.40. The lowest BCUT2D eigenvalue weighted by Crippen LogP contribution is -2.10. The number of benzene rings is 1. The third kappa shape index (κ3) is 2.59. The van der Waals surface area contributed by atoms with E-state index in [1.165, 1.54) is 6.33 Å². The molecular weight excluding hydrogens is 258 g/mol. The molecule has 2 aromatic rings. The first kappa shape index (κ1) is 13.5. The molecule has 20 heavy (non-hydrogen) atoms. The number of nitrogens with one attached hydrogen (secondary N) is 1. The maximum atomic E-state index is 10.9. The minimum atomic E-state index is -0.520. The van der Waals surface area contributed by atoms with Crippen molar-refractivity contribution in [1.82, 2.24) is 9.55 Å². The van der Waals surface area contributed by atoms with E-state index in [9.17, 15) is 10.1 Å². The van der Waals surface area contributed by atoms with Gasteiger partial charge in [-0.25, -0.2) is 0 Å². The van der Waals surface area contributed by atoms with Gasteiger partial charge in [-0.05, 0) is 34.5 Å². The Morgan fingerprint density at radius 1 is 1.45 bits per heavy atom. The van der Waals surface area contributed by atoms with Crippen molar-refractivity contribution in [2.75, 3.05) is 5.32 Å². The predicted molar refractivity (Wildman–Crippen MR) is 73.1 cm³/mol. The molecule has 0 bridgehead atoms. The zero-order chi connectivity index (χ0) is 14.7. The minimum Gasteiger partial charge on any atom is -0.358 e. The molecule has 1 aromatic heterocycles. The van der Waals surface area contributed by atoms with Crippen molar-refractivity contribution in [3.63, 3.8) is 0 Å². The molecule has 1 aromatic carbocycles. The summed E-state index contributed by atoms with van der Waals surface area (Å²) in [5, 5.41) is 22.7. The van der Waals surface area contributed by atoms with E-state index in [2.05, 4.69) is 10.3 Å². The van der Waals surface area contributed by atoms with Crippen molar-refractivity contribution >= 4 is 11.6 Å². The van der Waals surface area contributed by atoms with E-state index in [0.717, 1.165) is 5.56 Å². The number of rotatable bonds is 4. The van der Waals surface area contributed by atoms with Crippen LogP contribution in [-0.4, -0.2) is 14.5 Å². The van der Waals surface area contributed by atoms with Crippen LogP contribution >= 0.6 is 0 Å². The Bertz CT molecular complexity index is 669. The Kier molecular flexibility index (Phi) is 3.66. The Hall–Kier alpha value is -2.88. The van der Waals surface area contributed by atoms with Gasteiger partial charge in [0.25, 0.3) is 0 Å². The second-order valence-electron chi connectivity index (χ2n) is 4.38. The Morgan fingerprint density at radius 3 is 2.65 bits per heavy atom. The quantitative estimate of drug-likeness (QED) is 0.680. The van der Waals surface area contributed by atoms with Gasteiger partial charge in [-0.2, -0.15) is 5.26 Å². The maximum Gasteiger partial charge on any atom is 0.406 e. The molecule has 1 N–H and O–H groups in total. The van der Waals surface area contributed by atoms with Crippen LogP contribution in [0.5, 0.6) is 0 Å². The lowest BCUT2D eigenvalue weighted by atomic mass is 10.1. The van der Waals surface area contributed by atoms with E-state index in [1.54, 1.807) is 23.7 Å². The molecule has 7 heteroatoms. The molecule has 0 saturated heterocycles. The zero-order valence-corrected chi connectivity index (χ0v) is 11.1. The fraction of sp³-hybridized carbons (Fsp3) is 0.231. The summed E-state index contributed by atoms with van der Waals surface area (Å²) in [5.74, 6) is 0.153. The lowest BCUT2D eigenvalue weighted by molar-refractivity contribution is -0.388. The minimum absolute atomic E-state index is 0.142. The van der Waals surface area contributed by atoms with Crippen molar-refractivity contribution in [2.24, 2.45) is 7.05 Å². The Balaban J connectivity index is 2.23. The molecule has 0 fully saturated rings. The molecule has 0 aliphatic carbocycles. The average Bonchev–Trinajstić information content (AvgIpc) is 2.80. The van der Waals surface area contributed by atoms with E-state index in [0.29, 0.717) is 11.4 Å². The van der Waals surface area contributed by atoms with Gasteiger partial charge in [0.15, 0.2) is 0 Å². The van der Waals surface area contributed by atoms with Gasteiger partial charge in [0.1, 0.15) is 0 Å². The highest BCUT2D eigenvalue weighted by molar-refractivity contribution is 5.53. The van der Waals surface area contributed by atoms with E-state index in [-0.39, 0.29) is 11.9 Å². The third-order valence-electron chi connectivity index (χ3n) is 2.98. The lowest BCUT2D eigenvalue weighted by Gasteiger charge is -2.15. The molecule has 102 valence electrons. The number of aryl methyl sites for hydroxylation is 1. The van der Waals surface area contributed by atoms with Gasteiger partial charge in [-0.15, -0.1) is 0 Å². The van der Waals surface area contributed by atoms with E-state index < -0.39 is 4.92 Å². The summed E-state index contributed by atoms with van der Waals surface area (Å²) in [4.78, 5) is 14.1. The summed E-state index contributed by atoms with van der Waals surface area (Å²) in [6.45, 7) is 1.89. The summed E-state index contributed by atoms with van der Waals surface area (Å²) in [7, 11) is 1.69. The molecule has 7 nitrogen and oxygen atoms in total. The summed E-state index contributed by atoms with van der Waals surface area (Å²) >= 11 is 0. The number of nitrogens with zero attached hydrogens (tertiary/aromatic N) is 4. The first-order valence-corrected chi connectivity index (χ1v) is 5.95. The summed E-state index contributed by atoms with van der Waals surface area (Å²) in [5.41, 5.74) is 1.51. The monoisotopic (exact) mass is 271 g/mol. The van der Waals surface area contributed by atoms with Gasteiger partial charge in [0.2, 0.25) is 12.1 Å². The molecule has 0 aliphatic rings. The van der Waals surface area contributed by atoms with Crippen LogP contribution in [0.25, 0.3) is 0 Å². The van der Waals surface area contributed by atoms with Crippen molar-refractivity contribution in [1.29, 1.82) is 5.26 Å². The number of imidazole rings is 1. The summed E-state index contributed by atoms with van der Waals surface area (Å²) in [6.07, 6.45) is 1.39. The van der Waals surface area contributed by atoms with Crippen LogP contribution in [-0.2, 0) is 7.05 Å². The molecule has 1 atom stereocenters. The first-order valence-electron chi connectivity index (χ1n) is 5.95. The van der Waals surface area contributed by atoms with Crippen LogP contribution in [0.1, 0.15) is 24.1 Å². The van der Waals surface area contributed by atoms with Crippen molar-refractivity contribution in [3.8, 4) is 6.07 Å². The van der Waals surface area contributed by atoms with Gasteiger partial charge in [-0.1, -0.05) is 12.1 Å². The molecular formula is C13H13N5O2. The molecule has 0 spiro atoms. The smallest absolute Gasteiger partial charge is 0.358 e. The van der Waals surface area contributed by atoms with Gasteiger partial charge >= 0.3 is 5.82 Å². The fourth-order valence-corrected chi connectivity index (χ4v) is 1.85. The number of aromatic nitrogens is 2. The molecule has 0 amide bonds. The summed E-state index contributed by atoms with van der Waals surface area (Å²) < 4.78 is 1.57. The van der Waals surface area contributed by atoms with Crippen LogP contribution in [0.2, 0.25) is 0 Å². The number of hydrogen-bond acceptors (Lipinski definition) is 5. The largest absolute Gasteiger partial charge is 0.406 e. The Labute approximate surface area is 115 Å². The zero-order valence-electron chi connectivity index (χ0n) is 11.1. The average molecular weight is 271 g/mol. The molecule has 2 rings (SSSR count). The standard InChI is InChI=1S/C13H13N5O2/c1-9(11-5-3-10(7-14)4-6-11)16-13-12(18(19)20)15-8-17(13)2/h3-6,8-9,16H,1-2H3/t9-/m1/s1. The van der Waals surface area contributed by atoms with E-state index in [4.69, 9.17) is 5.26 Å².